The topological polar surface area (TPSA) is 34.1 Å². The molecule has 0 N–H and O–H groups in total. The standard InChI is InChI=1S/C7H6F2O2S/c8-6-1-5(4-12(10)11)2-7(9)3-6/h1-3,12H,4H2. The highest BCUT2D eigenvalue weighted by atomic mass is 32.2. The molecule has 0 radical (unpaired) electrons. The number of halogens is 2. The van der Waals surface area contributed by atoms with Crippen molar-refractivity contribution in [2.75, 3.05) is 0 Å². The molecular formula is C7H6F2O2S. The fourth-order valence-corrected chi connectivity index (χ4v) is 1.33. The van der Waals surface area contributed by atoms with Crippen LogP contribution in [0.3, 0.4) is 0 Å². The number of thiol groups is 1. The summed E-state index contributed by atoms with van der Waals surface area (Å²) in [7, 11) is -2.63. The van der Waals surface area contributed by atoms with Crippen LogP contribution in [0.5, 0.6) is 0 Å². The summed E-state index contributed by atoms with van der Waals surface area (Å²) in [5, 5.41) is 0. The van der Waals surface area contributed by atoms with E-state index in [-0.39, 0.29) is 11.3 Å². The maximum atomic E-state index is 12.4. The molecule has 0 saturated heterocycles. The minimum Gasteiger partial charge on any atom is -0.232 e. The summed E-state index contributed by atoms with van der Waals surface area (Å²) in [6.45, 7) is 0. The van der Waals surface area contributed by atoms with E-state index in [1.165, 1.54) is 0 Å². The van der Waals surface area contributed by atoms with Gasteiger partial charge in [0.05, 0.1) is 5.75 Å². The van der Waals surface area contributed by atoms with Crippen molar-refractivity contribution in [1.29, 1.82) is 0 Å². The average molecular weight is 192 g/mol. The second-order valence-corrected chi connectivity index (χ2v) is 3.25. The highest BCUT2D eigenvalue weighted by Gasteiger charge is 2.00. The van der Waals surface area contributed by atoms with Gasteiger partial charge in [0.15, 0.2) is 0 Å². The average Bonchev–Trinajstić information content (AvgIpc) is 1.81. The van der Waals surface area contributed by atoms with Crippen LogP contribution in [0.25, 0.3) is 0 Å². The Morgan fingerprint density at radius 2 is 1.58 bits per heavy atom. The molecule has 1 aromatic rings. The van der Waals surface area contributed by atoms with Gasteiger partial charge in [-0.1, -0.05) is 0 Å². The van der Waals surface area contributed by atoms with E-state index in [1.807, 2.05) is 0 Å². The molecule has 0 unspecified atom stereocenters. The molecule has 66 valence electrons. The van der Waals surface area contributed by atoms with Gasteiger partial charge in [0.25, 0.3) is 0 Å². The van der Waals surface area contributed by atoms with Crippen molar-refractivity contribution in [3.8, 4) is 0 Å². The third-order valence-corrected chi connectivity index (χ3v) is 1.86. The molecule has 0 aromatic heterocycles. The van der Waals surface area contributed by atoms with E-state index in [9.17, 15) is 17.2 Å². The van der Waals surface area contributed by atoms with Crippen LogP contribution in [-0.4, -0.2) is 8.42 Å². The fourth-order valence-electron chi connectivity index (χ4n) is 0.851. The largest absolute Gasteiger partial charge is 0.232 e. The lowest BCUT2D eigenvalue weighted by molar-refractivity contribution is 0.580. The predicted octanol–water partition coefficient (Wildman–Crippen LogP) is 1.08. The van der Waals surface area contributed by atoms with Crippen molar-refractivity contribution >= 4 is 10.7 Å². The van der Waals surface area contributed by atoms with Crippen LogP contribution in [0.1, 0.15) is 5.56 Å². The Hall–Kier alpha value is -0.970. The molecular weight excluding hydrogens is 186 g/mol. The normalized spacial score (nSPS) is 10.6. The zero-order valence-corrected chi connectivity index (χ0v) is 6.85. The Balaban J connectivity index is 3.00. The van der Waals surface area contributed by atoms with Crippen LogP contribution < -0.4 is 0 Å². The molecule has 1 aromatic carbocycles. The monoisotopic (exact) mass is 192 g/mol. The van der Waals surface area contributed by atoms with E-state index >= 15 is 0 Å². The summed E-state index contributed by atoms with van der Waals surface area (Å²) < 4.78 is 45.2. The maximum Gasteiger partial charge on any atom is 0.144 e. The Morgan fingerprint density at radius 3 is 2.00 bits per heavy atom. The van der Waals surface area contributed by atoms with Crippen molar-refractivity contribution < 1.29 is 17.2 Å². The molecule has 0 spiro atoms. The number of hydrogen-bond acceptors (Lipinski definition) is 2. The first-order valence-corrected chi connectivity index (χ1v) is 4.51. The van der Waals surface area contributed by atoms with E-state index in [1.54, 1.807) is 0 Å². The van der Waals surface area contributed by atoms with Gasteiger partial charge >= 0.3 is 0 Å². The van der Waals surface area contributed by atoms with Crippen LogP contribution in [-0.2, 0) is 16.5 Å². The van der Waals surface area contributed by atoms with Crippen LogP contribution in [0.4, 0.5) is 8.78 Å². The van der Waals surface area contributed by atoms with Crippen molar-refractivity contribution in [2.24, 2.45) is 0 Å². The molecule has 0 aliphatic rings. The highest BCUT2D eigenvalue weighted by Crippen LogP contribution is 2.08. The molecule has 0 aliphatic carbocycles. The van der Waals surface area contributed by atoms with Gasteiger partial charge in [-0.3, -0.25) is 0 Å². The van der Waals surface area contributed by atoms with Crippen LogP contribution in [0.2, 0.25) is 0 Å². The summed E-state index contributed by atoms with van der Waals surface area (Å²) in [5.74, 6) is -1.85. The first-order valence-electron chi connectivity index (χ1n) is 3.14. The molecule has 0 amide bonds. The summed E-state index contributed by atoms with van der Waals surface area (Å²) in [6, 6.07) is 2.68. The van der Waals surface area contributed by atoms with Crippen LogP contribution >= 0.6 is 0 Å². The zero-order chi connectivity index (χ0) is 9.14. The van der Waals surface area contributed by atoms with Gasteiger partial charge in [0.2, 0.25) is 0 Å². The van der Waals surface area contributed by atoms with Crippen molar-refractivity contribution in [3.05, 3.63) is 35.4 Å². The first kappa shape index (κ1) is 9.12. The van der Waals surface area contributed by atoms with Gasteiger partial charge in [0, 0.05) is 6.07 Å². The Labute approximate surface area is 69.8 Å². The quantitative estimate of drug-likeness (QED) is 0.711. The molecule has 0 heterocycles. The maximum absolute atomic E-state index is 12.4. The minimum atomic E-state index is -2.63. The van der Waals surface area contributed by atoms with Gasteiger partial charge in [0.1, 0.15) is 22.3 Å². The fraction of sp³-hybridized carbons (Fsp3) is 0.143. The lowest BCUT2D eigenvalue weighted by Crippen LogP contribution is -1.89. The third-order valence-electron chi connectivity index (χ3n) is 1.23. The predicted molar refractivity (Wildman–Crippen MR) is 40.4 cm³/mol. The molecule has 5 heteroatoms. The first-order chi connectivity index (χ1) is 5.58. The second kappa shape index (κ2) is 3.62. The van der Waals surface area contributed by atoms with E-state index in [4.69, 9.17) is 0 Å². The summed E-state index contributed by atoms with van der Waals surface area (Å²) in [6.07, 6.45) is 0. The lowest BCUT2D eigenvalue weighted by Gasteiger charge is -1.95. The van der Waals surface area contributed by atoms with Gasteiger partial charge in [-0.05, 0) is 17.7 Å². The highest BCUT2D eigenvalue weighted by molar-refractivity contribution is 7.71. The molecule has 0 fully saturated rings. The minimum absolute atomic E-state index is 0.128. The second-order valence-electron chi connectivity index (χ2n) is 2.27. The van der Waals surface area contributed by atoms with E-state index < -0.39 is 22.3 Å². The molecule has 0 atom stereocenters. The Morgan fingerprint density at radius 1 is 1.08 bits per heavy atom. The molecule has 0 aliphatic heterocycles. The number of rotatable bonds is 2. The lowest BCUT2D eigenvalue weighted by atomic mass is 10.2. The molecule has 12 heavy (non-hydrogen) atoms. The van der Waals surface area contributed by atoms with E-state index in [0.717, 1.165) is 12.1 Å². The third kappa shape index (κ3) is 2.58. The van der Waals surface area contributed by atoms with Gasteiger partial charge in [-0.2, -0.15) is 0 Å². The SMILES string of the molecule is O=[SH](=O)Cc1cc(F)cc(F)c1. The Kier molecular flexibility index (Phi) is 2.75. The summed E-state index contributed by atoms with van der Waals surface area (Å²) in [5.41, 5.74) is 0.128. The van der Waals surface area contributed by atoms with Crippen LogP contribution in [0, 0.1) is 11.6 Å². The van der Waals surface area contributed by atoms with Gasteiger partial charge in [-0.15, -0.1) is 0 Å². The molecule has 1 rings (SSSR count). The van der Waals surface area contributed by atoms with Crippen LogP contribution in [0.15, 0.2) is 18.2 Å². The van der Waals surface area contributed by atoms with E-state index in [0.29, 0.717) is 6.07 Å². The van der Waals surface area contributed by atoms with E-state index in [2.05, 4.69) is 0 Å². The van der Waals surface area contributed by atoms with Crippen molar-refractivity contribution in [3.63, 3.8) is 0 Å². The molecule has 2 nitrogen and oxygen atoms in total. The van der Waals surface area contributed by atoms with Gasteiger partial charge in [-0.25, -0.2) is 17.2 Å². The molecule has 0 saturated carbocycles. The van der Waals surface area contributed by atoms with Crippen molar-refractivity contribution in [2.45, 2.75) is 5.75 Å². The van der Waals surface area contributed by atoms with Crippen molar-refractivity contribution in [1.82, 2.24) is 0 Å². The Bertz CT molecular complexity index is 332. The summed E-state index contributed by atoms with van der Waals surface area (Å²) >= 11 is 0. The molecule has 0 bridgehead atoms. The number of benzene rings is 1. The van der Waals surface area contributed by atoms with Gasteiger partial charge < -0.3 is 0 Å². The smallest absolute Gasteiger partial charge is 0.144 e. The summed E-state index contributed by atoms with van der Waals surface area (Å²) in [4.78, 5) is 0. The number of hydrogen-bond donors (Lipinski definition) is 1. The zero-order valence-electron chi connectivity index (χ0n) is 5.96.